The quantitative estimate of drug-likeness (QED) is 0.714. The lowest BCUT2D eigenvalue weighted by Gasteiger charge is -2.32. The third-order valence-corrected chi connectivity index (χ3v) is 4.47. The van der Waals surface area contributed by atoms with E-state index in [1.807, 2.05) is 0 Å². The number of hydrogen-bond acceptors (Lipinski definition) is 5. The van der Waals surface area contributed by atoms with E-state index in [4.69, 9.17) is 0 Å². The van der Waals surface area contributed by atoms with Crippen LogP contribution in [0, 0.1) is 0 Å². The van der Waals surface area contributed by atoms with Crippen molar-refractivity contribution < 1.29 is 8.42 Å². The van der Waals surface area contributed by atoms with E-state index in [1.54, 1.807) is 0 Å². The third-order valence-electron chi connectivity index (χ3n) is 3.08. The summed E-state index contributed by atoms with van der Waals surface area (Å²) in [6, 6.07) is 1.44. The number of aromatic nitrogens is 2. The van der Waals surface area contributed by atoms with Gasteiger partial charge in [-0.3, -0.25) is 10.00 Å². The highest BCUT2D eigenvalue weighted by Gasteiger charge is 2.17. The van der Waals surface area contributed by atoms with Crippen LogP contribution in [0.25, 0.3) is 0 Å². The summed E-state index contributed by atoms with van der Waals surface area (Å²) < 4.78 is 26.1. The largest absolute Gasteiger partial charge is 0.304 e. The van der Waals surface area contributed by atoms with Crippen LogP contribution in [0.2, 0.25) is 0 Å². The maximum Gasteiger partial charge on any atom is 0.257 e. The predicted octanol–water partition coefficient (Wildman–Crippen LogP) is -1.06. The Kier molecular flexibility index (Phi) is 4.33. The van der Waals surface area contributed by atoms with Gasteiger partial charge in [0.05, 0.1) is 6.20 Å². The number of aromatic amines is 1. The van der Waals surface area contributed by atoms with Crippen molar-refractivity contribution in [3.63, 3.8) is 0 Å². The smallest absolute Gasteiger partial charge is 0.257 e. The number of rotatable bonds is 5. The van der Waals surface area contributed by atoms with E-state index in [1.165, 1.54) is 12.3 Å². The predicted molar refractivity (Wildman–Crippen MR) is 67.7 cm³/mol. The summed E-state index contributed by atoms with van der Waals surface area (Å²) in [5.74, 6) is 0. The Labute approximate surface area is 107 Å². The number of hydrogen-bond donors (Lipinski definition) is 2. The van der Waals surface area contributed by atoms with Crippen molar-refractivity contribution >= 4 is 10.0 Å². The van der Waals surface area contributed by atoms with Gasteiger partial charge < -0.3 is 4.90 Å². The maximum absolute atomic E-state index is 11.8. The number of nitrogens with one attached hydrogen (secondary N) is 2. The summed E-state index contributed by atoms with van der Waals surface area (Å²) in [7, 11) is -1.34. The maximum atomic E-state index is 11.8. The minimum Gasteiger partial charge on any atom is -0.304 e. The molecule has 1 aromatic heterocycles. The average Bonchev–Trinajstić information content (AvgIpc) is 2.86. The van der Waals surface area contributed by atoms with Crippen LogP contribution >= 0.6 is 0 Å². The van der Waals surface area contributed by atoms with Gasteiger partial charge in [0.15, 0.2) is 5.03 Å². The molecule has 0 bridgehead atoms. The molecule has 2 rings (SSSR count). The Morgan fingerprint density at radius 3 is 2.72 bits per heavy atom. The van der Waals surface area contributed by atoms with Gasteiger partial charge >= 0.3 is 0 Å². The summed E-state index contributed by atoms with van der Waals surface area (Å²) in [5.41, 5.74) is 0. The molecule has 0 unspecified atom stereocenters. The fourth-order valence-corrected chi connectivity index (χ4v) is 2.81. The molecule has 102 valence electrons. The topological polar surface area (TPSA) is 81.3 Å². The van der Waals surface area contributed by atoms with E-state index in [0.29, 0.717) is 6.54 Å². The van der Waals surface area contributed by atoms with Gasteiger partial charge in [-0.05, 0) is 13.1 Å². The average molecular weight is 273 g/mol. The molecule has 1 aliphatic rings. The Bertz CT molecular complexity index is 451. The van der Waals surface area contributed by atoms with Gasteiger partial charge in [0.1, 0.15) is 0 Å². The monoisotopic (exact) mass is 273 g/mol. The highest BCUT2D eigenvalue weighted by Crippen LogP contribution is 2.02. The molecule has 2 heterocycles. The van der Waals surface area contributed by atoms with Crippen LogP contribution < -0.4 is 4.72 Å². The first kappa shape index (κ1) is 13.5. The van der Waals surface area contributed by atoms with Crippen molar-refractivity contribution in [3.8, 4) is 0 Å². The summed E-state index contributed by atoms with van der Waals surface area (Å²) in [5, 5.41) is 6.20. The Morgan fingerprint density at radius 2 is 2.11 bits per heavy atom. The number of piperazine rings is 1. The van der Waals surface area contributed by atoms with Crippen molar-refractivity contribution in [2.24, 2.45) is 0 Å². The molecule has 0 radical (unpaired) electrons. The molecule has 8 heteroatoms. The lowest BCUT2D eigenvalue weighted by molar-refractivity contribution is 0.156. The van der Waals surface area contributed by atoms with Gasteiger partial charge in [0.2, 0.25) is 0 Å². The first-order valence-corrected chi connectivity index (χ1v) is 7.46. The first-order chi connectivity index (χ1) is 8.58. The second-order valence-electron chi connectivity index (χ2n) is 4.46. The molecule has 2 N–H and O–H groups in total. The van der Waals surface area contributed by atoms with Gasteiger partial charge in [0.25, 0.3) is 10.0 Å². The zero-order chi connectivity index (χ0) is 13.0. The van der Waals surface area contributed by atoms with Gasteiger partial charge in [-0.15, -0.1) is 0 Å². The molecule has 1 aromatic rings. The number of likely N-dealkylation sites (N-methyl/N-ethyl adjacent to an activating group) is 1. The fourth-order valence-electron chi connectivity index (χ4n) is 1.88. The van der Waals surface area contributed by atoms with Gasteiger partial charge in [-0.1, -0.05) is 0 Å². The molecular weight excluding hydrogens is 254 g/mol. The van der Waals surface area contributed by atoms with Crippen LogP contribution in [0.4, 0.5) is 0 Å². The van der Waals surface area contributed by atoms with E-state index in [2.05, 4.69) is 31.8 Å². The molecule has 18 heavy (non-hydrogen) atoms. The van der Waals surface area contributed by atoms with E-state index in [9.17, 15) is 8.42 Å². The van der Waals surface area contributed by atoms with E-state index in [-0.39, 0.29) is 5.03 Å². The lowest BCUT2D eigenvalue weighted by Crippen LogP contribution is -2.46. The summed E-state index contributed by atoms with van der Waals surface area (Å²) in [4.78, 5) is 4.53. The van der Waals surface area contributed by atoms with E-state index in [0.717, 1.165) is 32.7 Å². The molecule has 1 fully saturated rings. The van der Waals surface area contributed by atoms with Crippen LogP contribution in [0.1, 0.15) is 0 Å². The third kappa shape index (κ3) is 3.52. The van der Waals surface area contributed by atoms with Gasteiger partial charge in [-0.25, -0.2) is 13.1 Å². The zero-order valence-corrected chi connectivity index (χ0v) is 11.3. The Morgan fingerprint density at radius 1 is 1.39 bits per heavy atom. The van der Waals surface area contributed by atoms with Crippen molar-refractivity contribution in [3.05, 3.63) is 12.3 Å². The van der Waals surface area contributed by atoms with Gasteiger partial charge in [-0.2, -0.15) is 5.10 Å². The highest BCUT2D eigenvalue weighted by atomic mass is 32.2. The Balaban J connectivity index is 1.75. The molecular formula is C10H19N5O2S. The van der Waals surface area contributed by atoms with Crippen LogP contribution in [0.15, 0.2) is 17.3 Å². The molecule has 0 aliphatic carbocycles. The van der Waals surface area contributed by atoms with Crippen molar-refractivity contribution in [1.29, 1.82) is 0 Å². The van der Waals surface area contributed by atoms with Crippen LogP contribution in [0.5, 0.6) is 0 Å². The summed E-state index contributed by atoms with van der Waals surface area (Å²) in [6.07, 6.45) is 1.43. The number of sulfonamides is 1. The standard InChI is InChI=1S/C10H19N5O2S/c1-14-6-8-15(9-7-14)5-4-12-18(16,17)10-2-3-11-13-10/h2-3,12H,4-9H2,1H3,(H,11,13). The summed E-state index contributed by atoms with van der Waals surface area (Å²) in [6.45, 7) is 5.21. The van der Waals surface area contributed by atoms with Crippen molar-refractivity contribution in [1.82, 2.24) is 24.7 Å². The van der Waals surface area contributed by atoms with E-state index < -0.39 is 10.0 Å². The van der Waals surface area contributed by atoms with Crippen molar-refractivity contribution in [2.45, 2.75) is 5.03 Å². The molecule has 7 nitrogen and oxygen atoms in total. The molecule has 1 aliphatic heterocycles. The minimum absolute atomic E-state index is 0.112. The number of H-pyrrole nitrogens is 1. The minimum atomic E-state index is -3.43. The second kappa shape index (κ2) is 5.79. The SMILES string of the molecule is CN1CCN(CCNS(=O)(=O)c2ccn[nH]2)CC1. The lowest BCUT2D eigenvalue weighted by atomic mass is 10.3. The first-order valence-electron chi connectivity index (χ1n) is 5.98. The normalized spacial score (nSPS) is 19.2. The van der Waals surface area contributed by atoms with Crippen LogP contribution in [0.3, 0.4) is 0 Å². The number of nitrogens with zero attached hydrogens (tertiary/aromatic N) is 3. The molecule has 0 saturated carbocycles. The molecule has 0 spiro atoms. The van der Waals surface area contributed by atoms with Crippen LogP contribution in [-0.2, 0) is 10.0 Å². The van der Waals surface area contributed by atoms with Crippen molar-refractivity contribution in [2.75, 3.05) is 46.3 Å². The highest BCUT2D eigenvalue weighted by molar-refractivity contribution is 7.89. The van der Waals surface area contributed by atoms with Crippen LogP contribution in [-0.4, -0.2) is 74.7 Å². The molecule has 1 saturated heterocycles. The molecule has 0 amide bonds. The molecule has 0 atom stereocenters. The van der Waals surface area contributed by atoms with E-state index >= 15 is 0 Å². The zero-order valence-electron chi connectivity index (χ0n) is 10.5. The second-order valence-corrected chi connectivity index (χ2v) is 6.20. The Hall–Kier alpha value is -0.960. The molecule has 0 aromatic carbocycles. The van der Waals surface area contributed by atoms with Gasteiger partial charge in [0, 0.05) is 39.3 Å². The fraction of sp³-hybridized carbons (Fsp3) is 0.700. The summed E-state index contributed by atoms with van der Waals surface area (Å²) >= 11 is 0.